The van der Waals surface area contributed by atoms with Crippen LogP contribution in [0.5, 0.6) is 0 Å². The lowest BCUT2D eigenvalue weighted by Crippen LogP contribution is -2.60. The van der Waals surface area contributed by atoms with Crippen LogP contribution in [-0.2, 0) is 42.9 Å². The summed E-state index contributed by atoms with van der Waals surface area (Å²) >= 11 is 5.44. The Morgan fingerprint density at radius 2 is 1.42 bits per heavy atom. The number of nitrogen functional groups attached to an aromatic ring is 1. The van der Waals surface area contributed by atoms with Crippen molar-refractivity contribution in [2.45, 2.75) is 65.3 Å². The molecule has 0 unspecified atom stereocenters. The molecule has 0 aromatic carbocycles. The zero-order valence-corrected chi connectivity index (χ0v) is 20.9. The molecule has 1 aromatic heterocycles. The minimum Gasteiger partial charge on any atom is -0.463 e. The van der Waals surface area contributed by atoms with Crippen LogP contribution in [0.1, 0.15) is 50.6 Å². The van der Waals surface area contributed by atoms with E-state index in [0.29, 0.717) is 0 Å². The van der Waals surface area contributed by atoms with Crippen LogP contribution in [0.15, 0.2) is 0 Å². The third kappa shape index (κ3) is 5.97. The Morgan fingerprint density at radius 3 is 1.89 bits per heavy atom. The number of nitriles is 2. The van der Waals surface area contributed by atoms with Gasteiger partial charge in [-0.1, -0.05) is 12.2 Å². The van der Waals surface area contributed by atoms with Crippen molar-refractivity contribution in [2.75, 3.05) is 12.3 Å². The first kappa shape index (κ1) is 28.2. The molecule has 1 aromatic rings. The quantitative estimate of drug-likeness (QED) is 0.319. The van der Waals surface area contributed by atoms with Crippen LogP contribution in [0.4, 0.5) is 5.82 Å². The Kier molecular flexibility index (Phi) is 9.11. The van der Waals surface area contributed by atoms with Gasteiger partial charge in [0.05, 0.1) is 11.1 Å². The lowest BCUT2D eigenvalue weighted by molar-refractivity contribution is -0.268. The van der Waals surface area contributed by atoms with Crippen molar-refractivity contribution in [2.24, 2.45) is 0 Å². The monoisotopic (exact) mass is 520 g/mol. The van der Waals surface area contributed by atoms with E-state index < -0.39 is 61.1 Å². The van der Waals surface area contributed by atoms with E-state index in [1.165, 1.54) is 6.92 Å². The normalized spacial score (nSPS) is 22.9. The number of nitrogens with two attached hydrogens (primary N) is 1. The molecule has 13 nitrogen and oxygen atoms in total. The van der Waals surface area contributed by atoms with Gasteiger partial charge in [0.25, 0.3) is 0 Å². The number of rotatable bonds is 6. The van der Waals surface area contributed by atoms with Gasteiger partial charge in [-0.2, -0.15) is 10.5 Å². The summed E-state index contributed by atoms with van der Waals surface area (Å²) in [6.07, 6.45) is -7.14. The van der Waals surface area contributed by atoms with E-state index in [9.17, 15) is 29.7 Å². The highest BCUT2D eigenvalue weighted by atomic mass is 32.1. The molecular weight excluding hydrogens is 496 g/mol. The molecule has 1 aliphatic heterocycles. The van der Waals surface area contributed by atoms with Gasteiger partial charge in [-0.15, -0.1) is 0 Å². The number of carbonyl (C=O) groups is 4. The molecular formula is C22H24N4O9S. The van der Waals surface area contributed by atoms with Crippen LogP contribution in [-0.4, -0.2) is 59.5 Å². The molecule has 36 heavy (non-hydrogen) atoms. The van der Waals surface area contributed by atoms with Crippen molar-refractivity contribution in [3.8, 4) is 12.1 Å². The van der Waals surface area contributed by atoms with Crippen molar-refractivity contribution >= 4 is 41.9 Å². The summed E-state index contributed by atoms with van der Waals surface area (Å²) < 4.78 is 28.1. The van der Waals surface area contributed by atoms with E-state index in [1.54, 1.807) is 0 Å². The molecule has 0 spiro atoms. The number of hydrogen-bond donors (Lipinski definition) is 1. The summed E-state index contributed by atoms with van der Waals surface area (Å²) in [4.78, 5) is 47.4. The molecule has 1 saturated heterocycles. The molecule has 0 radical (unpaired) electrons. The summed E-state index contributed by atoms with van der Waals surface area (Å²) in [7, 11) is 0. The van der Waals surface area contributed by atoms with Crippen LogP contribution >= 0.6 is 12.2 Å². The molecule has 0 bridgehead atoms. The van der Waals surface area contributed by atoms with Crippen LogP contribution in [0.25, 0.3) is 0 Å². The highest BCUT2D eigenvalue weighted by molar-refractivity contribution is 7.71. The van der Waals surface area contributed by atoms with Crippen molar-refractivity contribution in [3.63, 3.8) is 0 Å². The Bertz CT molecular complexity index is 1230. The van der Waals surface area contributed by atoms with Gasteiger partial charge in [-0.25, -0.2) is 0 Å². The molecule has 1 aliphatic rings. The summed E-state index contributed by atoms with van der Waals surface area (Å²) in [5, 5.41) is 19.3. The van der Waals surface area contributed by atoms with Crippen LogP contribution in [0, 0.1) is 34.2 Å². The fraction of sp³-hybridized carbons (Fsp3) is 0.500. The molecule has 2 rings (SSSR count). The number of hydrogen-bond acceptors (Lipinski definition) is 13. The van der Waals surface area contributed by atoms with Gasteiger partial charge < -0.3 is 29.4 Å². The van der Waals surface area contributed by atoms with E-state index in [1.807, 2.05) is 12.1 Å². The second-order valence-corrected chi connectivity index (χ2v) is 8.14. The second-order valence-electron chi connectivity index (χ2n) is 7.75. The maximum atomic E-state index is 12.0. The predicted octanol–water partition coefficient (Wildman–Crippen LogP) is 1.11. The first-order chi connectivity index (χ1) is 16.8. The summed E-state index contributed by atoms with van der Waals surface area (Å²) in [6, 6.07) is 3.81. The van der Waals surface area contributed by atoms with E-state index in [0.717, 1.165) is 32.3 Å². The zero-order chi connectivity index (χ0) is 27.3. The molecule has 192 valence electrons. The summed E-state index contributed by atoms with van der Waals surface area (Å²) in [5.41, 5.74) is 6.31. The van der Waals surface area contributed by atoms with Gasteiger partial charge in [0.2, 0.25) is 0 Å². The Morgan fingerprint density at radius 1 is 0.917 bits per heavy atom. The number of aromatic nitrogens is 1. The maximum Gasteiger partial charge on any atom is 0.303 e. The number of carbonyl (C=O) groups excluding carboxylic acids is 4. The van der Waals surface area contributed by atoms with Gasteiger partial charge >= 0.3 is 23.9 Å². The molecule has 5 atom stereocenters. The first-order valence-corrected chi connectivity index (χ1v) is 10.9. The molecule has 0 aliphatic carbocycles. The van der Waals surface area contributed by atoms with E-state index in [4.69, 9.17) is 41.6 Å². The number of pyridine rings is 1. The van der Waals surface area contributed by atoms with Gasteiger partial charge in [0.15, 0.2) is 24.5 Å². The number of esters is 4. The minimum atomic E-state index is -1.51. The van der Waals surface area contributed by atoms with Gasteiger partial charge in [-0.3, -0.25) is 23.7 Å². The van der Waals surface area contributed by atoms with Gasteiger partial charge in [0.1, 0.15) is 35.3 Å². The highest BCUT2D eigenvalue weighted by Crippen LogP contribution is 2.37. The smallest absolute Gasteiger partial charge is 0.303 e. The molecule has 0 saturated carbocycles. The molecule has 2 heterocycles. The van der Waals surface area contributed by atoms with E-state index >= 15 is 0 Å². The summed E-state index contributed by atoms with van der Waals surface area (Å²) in [5.74, 6) is -3.35. The number of ether oxygens (including phenoxy) is 5. The Labute approximate surface area is 211 Å². The Hall–Kier alpha value is -4.01. The molecule has 14 heteroatoms. The average Bonchev–Trinajstić information content (AvgIpc) is 2.75. The van der Waals surface area contributed by atoms with Crippen molar-refractivity contribution < 1.29 is 42.9 Å². The molecule has 2 N–H and O–H groups in total. The summed E-state index contributed by atoms with van der Waals surface area (Å²) in [6.45, 7) is 5.40. The van der Waals surface area contributed by atoms with Gasteiger partial charge in [-0.05, 0) is 12.5 Å². The fourth-order valence-electron chi connectivity index (χ4n) is 3.77. The maximum absolute atomic E-state index is 12.0. The number of anilines is 1. The van der Waals surface area contributed by atoms with Crippen molar-refractivity contribution in [1.29, 1.82) is 10.5 Å². The van der Waals surface area contributed by atoms with Crippen molar-refractivity contribution in [1.82, 2.24) is 4.57 Å². The highest BCUT2D eigenvalue weighted by Gasteiger charge is 2.53. The minimum absolute atomic E-state index is 0.0661. The van der Waals surface area contributed by atoms with E-state index in [2.05, 4.69) is 0 Å². The first-order valence-electron chi connectivity index (χ1n) is 10.5. The number of nitrogens with zero attached hydrogens (tertiary/aromatic N) is 3. The Balaban J connectivity index is 2.86. The standard InChI is InChI=1S/C22H24N4O9S/c1-9-14(6-23)20(25)26(22(36)15(9)7-24)21-19(34-13(5)30)18(33-12(4)29)17(32-11(3)28)16(35-21)8-31-10(2)27/h16-19,21H,8,25H2,1-5H3/t16-,17+,18+,19-,21-/m1/s1. The molecule has 0 amide bonds. The van der Waals surface area contributed by atoms with Crippen molar-refractivity contribution in [3.05, 3.63) is 21.3 Å². The fourth-order valence-corrected chi connectivity index (χ4v) is 4.17. The second kappa shape index (κ2) is 11.6. The third-order valence-corrected chi connectivity index (χ3v) is 5.54. The van der Waals surface area contributed by atoms with Crippen LogP contribution in [0.3, 0.4) is 0 Å². The third-order valence-electron chi connectivity index (χ3n) is 5.14. The topological polar surface area (TPSA) is 193 Å². The lowest BCUT2D eigenvalue weighted by atomic mass is 9.96. The zero-order valence-electron chi connectivity index (χ0n) is 20.1. The largest absolute Gasteiger partial charge is 0.463 e. The van der Waals surface area contributed by atoms with Gasteiger partial charge in [0, 0.05) is 27.7 Å². The lowest BCUT2D eigenvalue weighted by Gasteiger charge is -2.45. The van der Waals surface area contributed by atoms with Crippen LogP contribution in [0.2, 0.25) is 0 Å². The molecule has 1 fully saturated rings. The average molecular weight is 521 g/mol. The van der Waals surface area contributed by atoms with Crippen LogP contribution < -0.4 is 5.73 Å². The predicted molar refractivity (Wildman–Crippen MR) is 121 cm³/mol. The SMILES string of the molecule is CC(=O)OC[C@H]1O[C@@H](n2c(N)c(C#N)c(C)c(C#N)c2=S)[C@H](OC(C)=O)[C@@H](OC(C)=O)[C@H]1OC(C)=O. The van der Waals surface area contributed by atoms with E-state index in [-0.39, 0.29) is 27.1 Å².